The van der Waals surface area contributed by atoms with E-state index < -0.39 is 17.7 Å². The fraction of sp³-hybridized carbons (Fsp3) is 0.391. The number of amides is 1. The quantitative estimate of drug-likeness (QED) is 0.363. The second-order valence-corrected chi connectivity index (χ2v) is 8.19. The molecule has 8 nitrogen and oxygen atoms in total. The topological polar surface area (TPSA) is 92.5 Å². The van der Waals surface area contributed by atoms with E-state index in [1.807, 2.05) is 19.0 Å². The molecule has 2 aromatic rings. The molecule has 1 aliphatic rings. The van der Waals surface area contributed by atoms with Crippen molar-refractivity contribution in [1.29, 1.82) is 0 Å². The maximum absolute atomic E-state index is 13.1. The van der Waals surface area contributed by atoms with Gasteiger partial charge in [0.25, 0.3) is 11.7 Å². The number of ether oxygens (including phenoxy) is 2. The molecule has 1 saturated heterocycles. The number of benzene rings is 1. The van der Waals surface area contributed by atoms with Crippen molar-refractivity contribution in [3.05, 3.63) is 51.9 Å². The van der Waals surface area contributed by atoms with Gasteiger partial charge in [-0.1, -0.05) is 11.6 Å². The van der Waals surface area contributed by atoms with Gasteiger partial charge >= 0.3 is 0 Å². The first-order valence-corrected chi connectivity index (χ1v) is 10.5. The van der Waals surface area contributed by atoms with Crippen LogP contribution in [-0.2, 0) is 9.59 Å². The molecule has 0 spiro atoms. The summed E-state index contributed by atoms with van der Waals surface area (Å²) < 4.78 is 16.4. The van der Waals surface area contributed by atoms with E-state index in [9.17, 15) is 14.7 Å². The summed E-state index contributed by atoms with van der Waals surface area (Å²) in [5, 5.41) is 11.5. The third kappa shape index (κ3) is 4.47. The van der Waals surface area contributed by atoms with Crippen LogP contribution in [-0.4, -0.2) is 68.0 Å². The van der Waals surface area contributed by atoms with Crippen LogP contribution in [0, 0.1) is 6.92 Å². The van der Waals surface area contributed by atoms with Gasteiger partial charge in [0, 0.05) is 12.6 Å². The third-order valence-electron chi connectivity index (χ3n) is 5.30. The minimum absolute atomic E-state index is 0.0723. The number of hydrogen-bond acceptors (Lipinski definition) is 7. The summed E-state index contributed by atoms with van der Waals surface area (Å²) in [5.41, 5.74) is 0.116. The molecular formula is C23H27ClN2O6. The molecule has 0 aliphatic carbocycles. The molecule has 2 heterocycles. The molecule has 1 aliphatic heterocycles. The Bertz CT molecular complexity index is 1060. The number of aliphatic hydroxyl groups excluding tert-OH is 1. The number of carbonyl (C=O) groups excluding carboxylic acids is 2. The number of Topliss-reactive ketones (excluding diaryl/α,β-unsaturated/α-hetero) is 1. The summed E-state index contributed by atoms with van der Waals surface area (Å²) in [5.74, 6) is -0.310. The molecule has 1 aromatic heterocycles. The zero-order chi connectivity index (χ0) is 23.6. The molecule has 1 aromatic carbocycles. The van der Waals surface area contributed by atoms with Crippen LogP contribution in [0.4, 0.5) is 0 Å². The summed E-state index contributed by atoms with van der Waals surface area (Å²) >= 11 is 6.18. The van der Waals surface area contributed by atoms with Crippen LogP contribution in [0.2, 0.25) is 5.02 Å². The number of likely N-dealkylation sites (tertiary alicyclic amines) is 1. The number of furan rings is 1. The number of nitrogens with zero attached hydrogens (tertiary/aromatic N) is 2. The molecule has 0 bridgehead atoms. The first kappa shape index (κ1) is 23.7. The van der Waals surface area contributed by atoms with E-state index in [0.717, 1.165) is 6.54 Å². The predicted octanol–water partition coefficient (Wildman–Crippen LogP) is 3.63. The smallest absolute Gasteiger partial charge is 0.295 e. The summed E-state index contributed by atoms with van der Waals surface area (Å²) in [6, 6.07) is 5.55. The van der Waals surface area contributed by atoms with Crippen LogP contribution >= 0.6 is 11.6 Å². The molecule has 172 valence electrons. The highest BCUT2D eigenvalue weighted by atomic mass is 35.5. The monoisotopic (exact) mass is 462 g/mol. The largest absolute Gasteiger partial charge is 0.507 e. The van der Waals surface area contributed by atoms with Crippen molar-refractivity contribution in [3.63, 3.8) is 0 Å². The number of ketones is 1. The lowest BCUT2D eigenvalue weighted by atomic mass is 9.98. The van der Waals surface area contributed by atoms with Crippen LogP contribution in [0.25, 0.3) is 5.76 Å². The van der Waals surface area contributed by atoms with Gasteiger partial charge in [-0.2, -0.15) is 0 Å². The van der Waals surface area contributed by atoms with Gasteiger partial charge in [0.2, 0.25) is 0 Å². The first-order valence-electron chi connectivity index (χ1n) is 10.1. The first-order chi connectivity index (χ1) is 15.2. The van der Waals surface area contributed by atoms with Gasteiger partial charge in [0.05, 0.1) is 30.4 Å². The van der Waals surface area contributed by atoms with E-state index in [0.29, 0.717) is 30.2 Å². The van der Waals surface area contributed by atoms with E-state index in [-0.39, 0.29) is 27.7 Å². The van der Waals surface area contributed by atoms with Crippen LogP contribution in [0.1, 0.15) is 29.5 Å². The molecule has 1 unspecified atom stereocenters. The number of halogens is 1. The Morgan fingerprint density at radius 2 is 1.88 bits per heavy atom. The van der Waals surface area contributed by atoms with Crippen LogP contribution in [0.3, 0.4) is 0 Å². The minimum Gasteiger partial charge on any atom is -0.507 e. The predicted molar refractivity (Wildman–Crippen MR) is 120 cm³/mol. The van der Waals surface area contributed by atoms with Crippen molar-refractivity contribution >= 4 is 29.1 Å². The van der Waals surface area contributed by atoms with Gasteiger partial charge in [-0.15, -0.1) is 0 Å². The summed E-state index contributed by atoms with van der Waals surface area (Å²) in [6.07, 6.45) is 0.647. The summed E-state index contributed by atoms with van der Waals surface area (Å²) in [6.45, 7) is 2.83. The Morgan fingerprint density at radius 3 is 2.44 bits per heavy atom. The summed E-state index contributed by atoms with van der Waals surface area (Å²) in [7, 11) is 6.72. The van der Waals surface area contributed by atoms with Gasteiger partial charge in [-0.05, 0) is 52.2 Å². The lowest BCUT2D eigenvalue weighted by Crippen LogP contribution is -2.32. The number of hydrogen-bond donors (Lipinski definition) is 1. The average molecular weight is 463 g/mol. The molecule has 1 atom stereocenters. The zero-order valence-electron chi connectivity index (χ0n) is 18.8. The van der Waals surface area contributed by atoms with E-state index in [4.69, 9.17) is 25.5 Å². The molecule has 3 rings (SSSR count). The number of carbonyl (C=O) groups is 2. The van der Waals surface area contributed by atoms with E-state index in [1.54, 1.807) is 19.1 Å². The van der Waals surface area contributed by atoms with Crippen molar-refractivity contribution in [1.82, 2.24) is 9.80 Å². The van der Waals surface area contributed by atoms with Crippen molar-refractivity contribution in [2.75, 3.05) is 41.4 Å². The fourth-order valence-corrected chi connectivity index (χ4v) is 3.99. The van der Waals surface area contributed by atoms with Gasteiger partial charge in [0.15, 0.2) is 0 Å². The lowest BCUT2D eigenvalue weighted by molar-refractivity contribution is -0.140. The SMILES string of the molecule is COc1cc(/C(O)=C2\C(=O)C(=O)N(CCCN(C)C)C2c2ccc(C)o2)c(OC)cc1Cl. The van der Waals surface area contributed by atoms with Crippen molar-refractivity contribution in [3.8, 4) is 11.5 Å². The lowest BCUT2D eigenvalue weighted by Gasteiger charge is -2.24. The Morgan fingerprint density at radius 1 is 1.19 bits per heavy atom. The maximum atomic E-state index is 13.1. The van der Waals surface area contributed by atoms with Gasteiger partial charge in [-0.3, -0.25) is 9.59 Å². The summed E-state index contributed by atoms with van der Waals surface area (Å²) in [4.78, 5) is 29.5. The second-order valence-electron chi connectivity index (χ2n) is 7.78. The molecule has 0 radical (unpaired) electrons. The van der Waals surface area contributed by atoms with E-state index in [2.05, 4.69) is 0 Å². The zero-order valence-corrected chi connectivity index (χ0v) is 19.5. The number of methoxy groups -OCH3 is 2. The van der Waals surface area contributed by atoms with Crippen molar-refractivity contribution < 1.29 is 28.6 Å². The highest BCUT2D eigenvalue weighted by molar-refractivity contribution is 6.46. The Hall–Kier alpha value is -2.97. The molecule has 1 fully saturated rings. The van der Waals surface area contributed by atoms with Crippen LogP contribution < -0.4 is 9.47 Å². The average Bonchev–Trinajstić information content (AvgIpc) is 3.28. The van der Waals surface area contributed by atoms with Crippen molar-refractivity contribution in [2.45, 2.75) is 19.4 Å². The Balaban J connectivity index is 2.17. The van der Waals surface area contributed by atoms with Crippen LogP contribution in [0.15, 0.2) is 34.3 Å². The Kier molecular flexibility index (Phi) is 7.16. The molecule has 1 N–H and O–H groups in total. The molecule has 0 saturated carbocycles. The molecule has 32 heavy (non-hydrogen) atoms. The van der Waals surface area contributed by atoms with Gasteiger partial charge in [0.1, 0.15) is 34.8 Å². The van der Waals surface area contributed by atoms with E-state index in [1.165, 1.54) is 31.3 Å². The third-order valence-corrected chi connectivity index (χ3v) is 5.60. The highest BCUT2D eigenvalue weighted by Gasteiger charge is 2.47. The Labute approximate surface area is 191 Å². The van der Waals surface area contributed by atoms with Gasteiger partial charge < -0.3 is 28.8 Å². The van der Waals surface area contributed by atoms with Crippen LogP contribution in [0.5, 0.6) is 11.5 Å². The second kappa shape index (κ2) is 9.67. The molecule has 9 heteroatoms. The number of rotatable bonds is 8. The normalized spacial score (nSPS) is 18.0. The minimum atomic E-state index is -0.864. The van der Waals surface area contributed by atoms with E-state index >= 15 is 0 Å². The molecule has 1 amide bonds. The number of aliphatic hydroxyl groups is 1. The van der Waals surface area contributed by atoms with Gasteiger partial charge in [-0.25, -0.2) is 0 Å². The van der Waals surface area contributed by atoms with Crippen molar-refractivity contribution in [2.24, 2.45) is 0 Å². The fourth-order valence-electron chi connectivity index (χ4n) is 3.75. The molecular weight excluding hydrogens is 436 g/mol. The highest BCUT2D eigenvalue weighted by Crippen LogP contribution is 2.43. The maximum Gasteiger partial charge on any atom is 0.295 e. The number of aryl methyl sites for hydroxylation is 1. The standard InChI is InChI=1S/C23H27ClN2O6/c1-13-7-8-16(32-13)20-19(22(28)23(29)26(20)10-6-9-25(2)3)21(27)14-11-18(31-5)15(24)12-17(14)30-4/h7-8,11-12,20,27H,6,9-10H2,1-5H3/b21-19+.